The summed E-state index contributed by atoms with van der Waals surface area (Å²) in [6, 6.07) is 14.5. The van der Waals surface area contributed by atoms with Crippen LogP contribution in [0.2, 0.25) is 0 Å². The molecule has 1 unspecified atom stereocenters. The fourth-order valence-corrected chi connectivity index (χ4v) is 3.45. The highest BCUT2D eigenvalue weighted by Gasteiger charge is 2.30. The molecule has 3 rings (SSSR count). The molecule has 0 spiro atoms. The number of hydrogen-bond acceptors (Lipinski definition) is 2. The number of nitrogens with two attached hydrogens (primary N) is 1. The van der Waals surface area contributed by atoms with Crippen LogP contribution in [0.4, 0.5) is 0 Å². The second-order valence-electron chi connectivity index (χ2n) is 5.90. The van der Waals surface area contributed by atoms with Crippen molar-refractivity contribution in [1.82, 2.24) is 0 Å². The Morgan fingerprint density at radius 3 is 2.70 bits per heavy atom. The van der Waals surface area contributed by atoms with Crippen molar-refractivity contribution in [3.63, 3.8) is 0 Å². The Balaban J connectivity index is 1.95. The van der Waals surface area contributed by atoms with Crippen molar-refractivity contribution in [2.45, 2.75) is 31.9 Å². The van der Waals surface area contributed by atoms with Crippen molar-refractivity contribution in [2.75, 3.05) is 0 Å². The molecular weight excluding hydrogens is 361 g/mol. The molecule has 0 aliphatic carbocycles. The van der Waals surface area contributed by atoms with E-state index >= 15 is 0 Å². The zero-order valence-electron chi connectivity index (χ0n) is 11.7. The summed E-state index contributed by atoms with van der Waals surface area (Å²) in [6.07, 6.45) is 0.939. The van der Waals surface area contributed by atoms with Crippen molar-refractivity contribution < 1.29 is 4.74 Å². The number of ether oxygens (including phenoxy) is 1. The Bertz CT molecular complexity index is 651. The van der Waals surface area contributed by atoms with E-state index in [-0.39, 0.29) is 11.6 Å². The van der Waals surface area contributed by atoms with E-state index in [4.69, 9.17) is 10.5 Å². The first kappa shape index (κ1) is 13.9. The Kier molecular flexibility index (Phi) is 3.50. The van der Waals surface area contributed by atoms with Crippen molar-refractivity contribution in [3.8, 4) is 5.75 Å². The molecule has 2 aromatic carbocycles. The second-order valence-corrected chi connectivity index (χ2v) is 7.07. The first-order chi connectivity index (χ1) is 9.46. The van der Waals surface area contributed by atoms with E-state index in [2.05, 4.69) is 66.8 Å². The lowest BCUT2D eigenvalue weighted by Crippen LogP contribution is -2.24. The van der Waals surface area contributed by atoms with E-state index in [0.717, 1.165) is 17.7 Å². The lowest BCUT2D eigenvalue weighted by atomic mass is 9.95. The highest BCUT2D eigenvalue weighted by molar-refractivity contribution is 14.1. The lowest BCUT2D eigenvalue weighted by molar-refractivity contribution is 0.138. The van der Waals surface area contributed by atoms with E-state index < -0.39 is 0 Å². The van der Waals surface area contributed by atoms with Gasteiger partial charge in [0.1, 0.15) is 11.4 Å². The molecule has 20 heavy (non-hydrogen) atoms. The van der Waals surface area contributed by atoms with Gasteiger partial charge < -0.3 is 10.5 Å². The van der Waals surface area contributed by atoms with Gasteiger partial charge in [-0.15, -0.1) is 0 Å². The van der Waals surface area contributed by atoms with E-state index in [1.807, 2.05) is 12.1 Å². The quantitative estimate of drug-likeness (QED) is 0.799. The molecule has 0 radical (unpaired) electrons. The van der Waals surface area contributed by atoms with E-state index in [9.17, 15) is 0 Å². The van der Waals surface area contributed by atoms with Gasteiger partial charge in [0.05, 0.1) is 6.04 Å². The molecule has 1 heterocycles. The van der Waals surface area contributed by atoms with Gasteiger partial charge in [0.15, 0.2) is 0 Å². The first-order valence-electron chi connectivity index (χ1n) is 6.78. The summed E-state index contributed by atoms with van der Waals surface area (Å²) in [5, 5.41) is 0. The molecule has 2 aromatic rings. The van der Waals surface area contributed by atoms with Crippen LogP contribution in [-0.4, -0.2) is 5.60 Å². The summed E-state index contributed by atoms with van der Waals surface area (Å²) in [5.41, 5.74) is 9.91. The Hall–Kier alpha value is -1.07. The molecule has 2 N–H and O–H groups in total. The molecule has 3 heteroatoms. The minimum absolute atomic E-state index is 0.0860. The van der Waals surface area contributed by atoms with Gasteiger partial charge in [0, 0.05) is 9.99 Å². The SMILES string of the molecule is CC1(C)Cc2cc(C(N)c3ccccc3I)ccc2O1. The highest BCUT2D eigenvalue weighted by Crippen LogP contribution is 2.37. The second kappa shape index (κ2) is 5.04. The normalized spacial score (nSPS) is 17.4. The monoisotopic (exact) mass is 379 g/mol. The largest absolute Gasteiger partial charge is 0.487 e. The average Bonchev–Trinajstić information content (AvgIpc) is 2.71. The van der Waals surface area contributed by atoms with Crippen LogP contribution in [0, 0.1) is 3.57 Å². The van der Waals surface area contributed by atoms with Crippen molar-refractivity contribution in [1.29, 1.82) is 0 Å². The number of fused-ring (bicyclic) bond motifs is 1. The summed E-state index contributed by atoms with van der Waals surface area (Å²) in [6.45, 7) is 4.24. The summed E-state index contributed by atoms with van der Waals surface area (Å²) in [4.78, 5) is 0. The minimum atomic E-state index is -0.105. The predicted molar refractivity (Wildman–Crippen MR) is 90.0 cm³/mol. The number of rotatable bonds is 2. The standard InChI is InChI=1S/C17H18INO/c1-17(2)10-12-9-11(7-8-15(12)20-17)16(19)13-5-3-4-6-14(13)18/h3-9,16H,10,19H2,1-2H3. The molecule has 1 aliphatic heterocycles. The fraction of sp³-hybridized carbons (Fsp3) is 0.294. The van der Waals surface area contributed by atoms with Crippen LogP contribution in [0.15, 0.2) is 42.5 Å². The number of benzene rings is 2. The lowest BCUT2D eigenvalue weighted by Gasteiger charge is -2.16. The van der Waals surface area contributed by atoms with E-state index in [0.29, 0.717) is 0 Å². The van der Waals surface area contributed by atoms with Gasteiger partial charge >= 0.3 is 0 Å². The maximum atomic E-state index is 6.43. The predicted octanol–water partition coefficient (Wildman–Crippen LogP) is 4.05. The third-order valence-corrected chi connectivity index (χ3v) is 4.67. The topological polar surface area (TPSA) is 35.2 Å². The molecule has 0 bridgehead atoms. The Morgan fingerprint density at radius 1 is 1.20 bits per heavy atom. The van der Waals surface area contributed by atoms with Crippen LogP contribution in [0.3, 0.4) is 0 Å². The van der Waals surface area contributed by atoms with E-state index in [1.54, 1.807) is 0 Å². The number of hydrogen-bond donors (Lipinski definition) is 1. The molecule has 2 nitrogen and oxygen atoms in total. The maximum Gasteiger partial charge on any atom is 0.123 e. The molecule has 0 amide bonds. The van der Waals surface area contributed by atoms with Crippen LogP contribution in [0.25, 0.3) is 0 Å². The Morgan fingerprint density at radius 2 is 1.95 bits per heavy atom. The van der Waals surface area contributed by atoms with Crippen molar-refractivity contribution in [2.24, 2.45) is 5.73 Å². The highest BCUT2D eigenvalue weighted by atomic mass is 127. The van der Waals surface area contributed by atoms with Crippen LogP contribution < -0.4 is 10.5 Å². The van der Waals surface area contributed by atoms with Gasteiger partial charge in [-0.3, -0.25) is 0 Å². The van der Waals surface area contributed by atoms with Crippen molar-refractivity contribution in [3.05, 3.63) is 62.7 Å². The van der Waals surface area contributed by atoms with Gasteiger partial charge in [-0.2, -0.15) is 0 Å². The summed E-state index contributed by atoms with van der Waals surface area (Å²) in [7, 11) is 0. The molecule has 0 saturated carbocycles. The van der Waals surface area contributed by atoms with Crippen LogP contribution in [0.1, 0.15) is 36.6 Å². The maximum absolute atomic E-state index is 6.43. The van der Waals surface area contributed by atoms with Crippen LogP contribution >= 0.6 is 22.6 Å². The smallest absolute Gasteiger partial charge is 0.123 e. The third kappa shape index (κ3) is 2.56. The molecular formula is C17H18INO. The molecule has 104 valence electrons. The fourth-order valence-electron chi connectivity index (χ4n) is 2.73. The molecule has 1 aliphatic rings. The Labute approximate surface area is 133 Å². The van der Waals surface area contributed by atoms with Gasteiger partial charge in [-0.1, -0.05) is 30.3 Å². The van der Waals surface area contributed by atoms with Crippen molar-refractivity contribution >= 4 is 22.6 Å². The van der Waals surface area contributed by atoms with Gasteiger partial charge in [0.25, 0.3) is 0 Å². The van der Waals surface area contributed by atoms with E-state index in [1.165, 1.54) is 14.7 Å². The summed E-state index contributed by atoms with van der Waals surface area (Å²) in [5.74, 6) is 0.994. The number of halogens is 1. The molecule has 0 fully saturated rings. The van der Waals surface area contributed by atoms with Gasteiger partial charge in [-0.25, -0.2) is 0 Å². The van der Waals surface area contributed by atoms with Crippen LogP contribution in [0.5, 0.6) is 5.75 Å². The zero-order chi connectivity index (χ0) is 14.3. The first-order valence-corrected chi connectivity index (χ1v) is 7.86. The van der Waals surface area contributed by atoms with Gasteiger partial charge in [0.2, 0.25) is 0 Å². The molecule has 0 saturated heterocycles. The molecule has 0 aromatic heterocycles. The minimum Gasteiger partial charge on any atom is -0.487 e. The van der Waals surface area contributed by atoms with Crippen LogP contribution in [-0.2, 0) is 6.42 Å². The third-order valence-electron chi connectivity index (χ3n) is 3.69. The van der Waals surface area contributed by atoms with Gasteiger partial charge in [-0.05, 0) is 65.3 Å². The molecule has 1 atom stereocenters. The summed E-state index contributed by atoms with van der Waals surface area (Å²) >= 11 is 2.34. The summed E-state index contributed by atoms with van der Waals surface area (Å²) < 4.78 is 7.12. The zero-order valence-corrected chi connectivity index (χ0v) is 13.8. The average molecular weight is 379 g/mol.